The predicted molar refractivity (Wildman–Crippen MR) is 81.0 cm³/mol. The number of halogens is 3. The molecule has 0 bridgehead atoms. The maximum absolute atomic E-state index is 13.6. The molecule has 0 saturated heterocycles. The van der Waals surface area contributed by atoms with Crippen molar-refractivity contribution < 1.29 is 8.78 Å². The van der Waals surface area contributed by atoms with E-state index in [1.807, 2.05) is 24.3 Å². The summed E-state index contributed by atoms with van der Waals surface area (Å²) in [4.78, 5) is 4.14. The minimum atomic E-state index is -0.882. The molecule has 20 heavy (non-hydrogen) atoms. The second-order valence-electron chi connectivity index (χ2n) is 4.18. The third-order valence-electron chi connectivity index (χ3n) is 2.76. The molecule has 1 heterocycles. The van der Waals surface area contributed by atoms with Crippen molar-refractivity contribution in [1.29, 1.82) is 0 Å². The molecular weight excluding hydrogens is 346 g/mol. The summed E-state index contributed by atoms with van der Waals surface area (Å²) in [6, 6.07) is 10.4. The smallest absolute Gasteiger partial charge is 0.185 e. The molecule has 3 aromatic rings. The van der Waals surface area contributed by atoms with Crippen LogP contribution in [-0.2, 0) is 6.54 Å². The zero-order valence-corrected chi connectivity index (χ0v) is 12.6. The first-order valence-corrected chi connectivity index (χ1v) is 7.47. The van der Waals surface area contributed by atoms with Gasteiger partial charge in [0.25, 0.3) is 0 Å². The van der Waals surface area contributed by atoms with E-state index in [1.54, 1.807) is 6.07 Å². The van der Waals surface area contributed by atoms with Gasteiger partial charge in [-0.05, 0) is 30.3 Å². The molecule has 3 rings (SSSR count). The topological polar surface area (TPSA) is 24.9 Å². The number of aromatic nitrogens is 1. The van der Waals surface area contributed by atoms with Crippen LogP contribution in [0, 0.1) is 11.6 Å². The first kappa shape index (κ1) is 13.5. The minimum absolute atomic E-state index is 0.0982. The normalized spacial score (nSPS) is 10.9. The molecule has 0 amide bonds. The van der Waals surface area contributed by atoms with Crippen molar-refractivity contribution in [2.45, 2.75) is 6.54 Å². The fourth-order valence-electron chi connectivity index (χ4n) is 1.83. The molecule has 0 saturated carbocycles. The van der Waals surface area contributed by atoms with Gasteiger partial charge in [0.15, 0.2) is 11.6 Å². The Morgan fingerprint density at radius 2 is 2.05 bits per heavy atom. The van der Waals surface area contributed by atoms with Crippen molar-refractivity contribution in [3.63, 3.8) is 0 Å². The van der Waals surface area contributed by atoms with Gasteiger partial charge in [-0.1, -0.05) is 22.0 Å². The molecule has 2 aromatic carbocycles. The maximum Gasteiger partial charge on any atom is 0.185 e. The first-order valence-electron chi connectivity index (χ1n) is 5.86. The van der Waals surface area contributed by atoms with Gasteiger partial charge in [0, 0.05) is 10.2 Å². The Kier molecular flexibility index (Phi) is 3.67. The number of fused-ring (bicyclic) bond motifs is 1. The van der Waals surface area contributed by atoms with Crippen LogP contribution in [0.25, 0.3) is 10.2 Å². The summed E-state index contributed by atoms with van der Waals surface area (Å²) in [6.45, 7) is 0.469. The lowest BCUT2D eigenvalue weighted by Crippen LogP contribution is -1.98. The van der Waals surface area contributed by atoms with E-state index in [0.717, 1.165) is 16.2 Å². The lowest BCUT2D eigenvalue weighted by molar-refractivity contribution is 0.515. The molecule has 0 atom stereocenters. The van der Waals surface area contributed by atoms with Crippen LogP contribution in [0.1, 0.15) is 5.01 Å². The molecule has 0 spiro atoms. The monoisotopic (exact) mass is 354 g/mol. The predicted octanol–water partition coefficient (Wildman–Crippen LogP) is 4.95. The molecule has 0 aliphatic rings. The van der Waals surface area contributed by atoms with Crippen LogP contribution in [0.4, 0.5) is 14.5 Å². The van der Waals surface area contributed by atoms with E-state index < -0.39 is 11.6 Å². The van der Waals surface area contributed by atoms with Gasteiger partial charge < -0.3 is 5.32 Å². The van der Waals surface area contributed by atoms with E-state index in [0.29, 0.717) is 16.3 Å². The summed E-state index contributed by atoms with van der Waals surface area (Å²) in [5.74, 6) is -1.75. The van der Waals surface area contributed by atoms with Crippen LogP contribution in [0.2, 0.25) is 0 Å². The highest BCUT2D eigenvalue weighted by Crippen LogP contribution is 2.26. The minimum Gasteiger partial charge on any atom is -0.378 e. The third-order valence-corrected chi connectivity index (χ3v) is 4.28. The lowest BCUT2D eigenvalue weighted by Gasteiger charge is -2.03. The quantitative estimate of drug-likeness (QED) is 0.719. The summed E-state index contributed by atoms with van der Waals surface area (Å²) >= 11 is 4.74. The second-order valence-corrected chi connectivity index (χ2v) is 6.21. The highest BCUT2D eigenvalue weighted by molar-refractivity contribution is 9.10. The van der Waals surface area contributed by atoms with E-state index >= 15 is 0 Å². The van der Waals surface area contributed by atoms with Gasteiger partial charge in [0.05, 0.1) is 11.2 Å². The van der Waals surface area contributed by atoms with Crippen molar-refractivity contribution in [3.05, 3.63) is 57.5 Å². The molecule has 0 aliphatic heterocycles. The Labute approximate surface area is 126 Å². The van der Waals surface area contributed by atoms with Gasteiger partial charge in [-0.2, -0.15) is 0 Å². The zero-order chi connectivity index (χ0) is 14.1. The van der Waals surface area contributed by atoms with Crippen LogP contribution in [0.15, 0.2) is 40.9 Å². The zero-order valence-electron chi connectivity index (χ0n) is 10.2. The molecule has 2 nitrogen and oxygen atoms in total. The number of thiazole rings is 1. The Hall–Kier alpha value is -1.53. The number of nitrogens with one attached hydrogen (secondary N) is 1. The summed E-state index contributed by atoms with van der Waals surface area (Å²) in [6.07, 6.45) is 0. The van der Waals surface area contributed by atoms with Crippen LogP contribution in [0.3, 0.4) is 0 Å². The Bertz CT molecular complexity index is 773. The van der Waals surface area contributed by atoms with Crippen molar-refractivity contribution in [2.24, 2.45) is 0 Å². The molecule has 0 unspecified atom stereocenters. The maximum atomic E-state index is 13.6. The van der Waals surface area contributed by atoms with Crippen LogP contribution in [-0.4, -0.2) is 4.98 Å². The summed E-state index contributed by atoms with van der Waals surface area (Å²) in [5, 5.41) is 3.91. The number of benzene rings is 2. The molecule has 102 valence electrons. The number of nitrogens with zero attached hydrogens (tertiary/aromatic N) is 1. The van der Waals surface area contributed by atoms with E-state index in [4.69, 9.17) is 0 Å². The molecular formula is C14H9BrF2N2S. The third kappa shape index (κ3) is 2.66. The molecule has 0 fully saturated rings. The van der Waals surface area contributed by atoms with Crippen LogP contribution < -0.4 is 5.32 Å². The van der Waals surface area contributed by atoms with Crippen LogP contribution >= 0.6 is 27.3 Å². The highest BCUT2D eigenvalue weighted by Gasteiger charge is 2.12. The Morgan fingerprint density at radius 1 is 1.20 bits per heavy atom. The van der Waals surface area contributed by atoms with Gasteiger partial charge in [-0.3, -0.25) is 0 Å². The van der Waals surface area contributed by atoms with E-state index in [1.165, 1.54) is 11.3 Å². The largest absolute Gasteiger partial charge is 0.378 e. The van der Waals surface area contributed by atoms with Gasteiger partial charge in [0.1, 0.15) is 10.5 Å². The SMILES string of the molecule is Fc1ccc2sc(CNc3cccc(Br)c3)nc2c1F. The summed E-state index contributed by atoms with van der Waals surface area (Å²) in [5.41, 5.74) is 1.03. The van der Waals surface area contributed by atoms with Gasteiger partial charge >= 0.3 is 0 Å². The Balaban J connectivity index is 1.83. The van der Waals surface area contributed by atoms with E-state index in [9.17, 15) is 8.78 Å². The molecule has 1 aromatic heterocycles. The van der Waals surface area contributed by atoms with Gasteiger partial charge in [-0.15, -0.1) is 11.3 Å². The fourth-order valence-corrected chi connectivity index (χ4v) is 3.14. The van der Waals surface area contributed by atoms with Crippen molar-refractivity contribution in [3.8, 4) is 0 Å². The summed E-state index contributed by atoms with van der Waals surface area (Å²) < 4.78 is 28.3. The number of hydrogen-bond donors (Lipinski definition) is 1. The van der Waals surface area contributed by atoms with Crippen molar-refractivity contribution >= 4 is 43.2 Å². The van der Waals surface area contributed by atoms with Gasteiger partial charge in [-0.25, -0.2) is 13.8 Å². The van der Waals surface area contributed by atoms with Crippen LogP contribution in [0.5, 0.6) is 0 Å². The Morgan fingerprint density at radius 3 is 2.85 bits per heavy atom. The van der Waals surface area contributed by atoms with Crippen molar-refractivity contribution in [1.82, 2.24) is 4.98 Å². The first-order chi connectivity index (χ1) is 9.63. The average molecular weight is 355 g/mol. The number of hydrogen-bond acceptors (Lipinski definition) is 3. The fraction of sp³-hybridized carbons (Fsp3) is 0.0714. The van der Waals surface area contributed by atoms with E-state index in [2.05, 4.69) is 26.2 Å². The molecule has 0 radical (unpaired) electrons. The van der Waals surface area contributed by atoms with Gasteiger partial charge in [0.2, 0.25) is 0 Å². The second kappa shape index (κ2) is 5.46. The number of rotatable bonds is 3. The highest BCUT2D eigenvalue weighted by atomic mass is 79.9. The standard InChI is InChI=1S/C14H9BrF2N2S/c15-8-2-1-3-9(6-8)18-7-12-19-14-11(20-12)5-4-10(16)13(14)17/h1-6,18H,7H2. The molecule has 6 heteroatoms. The lowest BCUT2D eigenvalue weighted by atomic mass is 10.3. The molecule has 0 aliphatic carbocycles. The average Bonchev–Trinajstić information content (AvgIpc) is 2.85. The summed E-state index contributed by atoms with van der Waals surface area (Å²) in [7, 11) is 0. The van der Waals surface area contributed by atoms with Crippen molar-refractivity contribution in [2.75, 3.05) is 5.32 Å². The number of anilines is 1. The molecule has 1 N–H and O–H groups in total. The van der Waals surface area contributed by atoms with E-state index in [-0.39, 0.29) is 5.52 Å².